The summed E-state index contributed by atoms with van der Waals surface area (Å²) < 4.78 is 29.2. The first-order valence-electron chi connectivity index (χ1n) is 9.75. The molecule has 3 rings (SSSR count). The fourth-order valence-corrected chi connectivity index (χ4v) is 4.57. The number of amides is 1. The van der Waals surface area contributed by atoms with Gasteiger partial charge in [-0.3, -0.25) is 4.79 Å². The van der Waals surface area contributed by atoms with E-state index < -0.39 is 10.0 Å². The van der Waals surface area contributed by atoms with Crippen molar-refractivity contribution in [1.29, 1.82) is 0 Å². The Morgan fingerprint density at radius 2 is 1.97 bits per heavy atom. The fourth-order valence-electron chi connectivity index (χ4n) is 3.43. The average Bonchev–Trinajstić information content (AvgIpc) is 3.05. The third-order valence-corrected chi connectivity index (χ3v) is 6.40. The predicted octanol–water partition coefficient (Wildman–Crippen LogP) is 3.69. The van der Waals surface area contributed by atoms with Crippen LogP contribution >= 0.6 is 0 Å². The zero-order chi connectivity index (χ0) is 21.0. The summed E-state index contributed by atoms with van der Waals surface area (Å²) in [6.07, 6.45) is 2.52. The summed E-state index contributed by atoms with van der Waals surface area (Å²) in [5.41, 5.74) is 3.96. The first-order chi connectivity index (χ1) is 13.7. The monoisotopic (exact) mass is 413 g/mol. The Kier molecular flexibility index (Phi) is 6.37. The van der Waals surface area contributed by atoms with E-state index in [9.17, 15) is 13.2 Å². The molecule has 1 aliphatic rings. The maximum atomic E-state index is 12.6. The highest BCUT2D eigenvalue weighted by molar-refractivity contribution is 7.90. The number of benzene rings is 2. The minimum Gasteiger partial charge on any atom is -0.362 e. The van der Waals surface area contributed by atoms with Crippen LogP contribution in [0.5, 0.6) is 0 Å². The predicted molar refractivity (Wildman–Crippen MR) is 116 cm³/mol. The SMILES string of the molecule is Cc1ccc(CCC(=O)Nc2cccc(S(=O)(=O)/N=C3\CCCN3C)c2)c(C)c1. The molecule has 0 atom stereocenters. The molecule has 0 aliphatic carbocycles. The van der Waals surface area contributed by atoms with Gasteiger partial charge in [0.15, 0.2) is 0 Å². The van der Waals surface area contributed by atoms with Gasteiger partial charge in [0.25, 0.3) is 10.0 Å². The number of hydrogen-bond acceptors (Lipinski definition) is 3. The van der Waals surface area contributed by atoms with Crippen molar-refractivity contribution >= 4 is 27.5 Å². The van der Waals surface area contributed by atoms with E-state index in [0.717, 1.165) is 18.5 Å². The molecule has 0 spiro atoms. The number of nitrogens with one attached hydrogen (secondary N) is 1. The van der Waals surface area contributed by atoms with Gasteiger partial charge in [-0.15, -0.1) is 4.40 Å². The average molecular weight is 414 g/mol. The van der Waals surface area contributed by atoms with E-state index in [1.165, 1.54) is 23.3 Å². The summed E-state index contributed by atoms with van der Waals surface area (Å²) in [4.78, 5) is 14.3. The molecule has 0 aromatic heterocycles. The first-order valence-corrected chi connectivity index (χ1v) is 11.2. The molecule has 1 N–H and O–H groups in total. The van der Waals surface area contributed by atoms with Crippen LogP contribution in [0, 0.1) is 13.8 Å². The Bertz CT molecular complexity index is 1050. The van der Waals surface area contributed by atoms with Crippen molar-refractivity contribution in [2.45, 2.75) is 44.4 Å². The number of amidine groups is 1. The second kappa shape index (κ2) is 8.78. The quantitative estimate of drug-likeness (QED) is 0.783. The number of sulfonamides is 1. The number of nitrogens with zero attached hydrogens (tertiary/aromatic N) is 2. The Hall–Kier alpha value is -2.67. The summed E-state index contributed by atoms with van der Waals surface area (Å²) in [7, 11) is -1.96. The Labute approximate surface area is 172 Å². The number of aryl methyl sites for hydroxylation is 3. The molecular weight excluding hydrogens is 386 g/mol. The number of likely N-dealkylation sites (tertiary alicyclic amines) is 1. The van der Waals surface area contributed by atoms with Gasteiger partial charge in [-0.05, 0) is 56.0 Å². The van der Waals surface area contributed by atoms with Crippen LogP contribution < -0.4 is 5.32 Å². The van der Waals surface area contributed by atoms with Gasteiger partial charge in [0, 0.05) is 32.1 Å². The smallest absolute Gasteiger partial charge is 0.284 e. The zero-order valence-electron chi connectivity index (χ0n) is 17.1. The highest BCUT2D eigenvalue weighted by Crippen LogP contribution is 2.20. The molecule has 2 aromatic carbocycles. The van der Waals surface area contributed by atoms with Gasteiger partial charge >= 0.3 is 0 Å². The minimum absolute atomic E-state index is 0.0810. The normalized spacial score (nSPS) is 15.7. The molecule has 0 radical (unpaired) electrons. The third-order valence-electron chi connectivity index (χ3n) is 5.10. The highest BCUT2D eigenvalue weighted by atomic mass is 32.2. The van der Waals surface area contributed by atoms with E-state index in [0.29, 0.717) is 30.8 Å². The van der Waals surface area contributed by atoms with E-state index in [-0.39, 0.29) is 10.8 Å². The minimum atomic E-state index is -3.80. The largest absolute Gasteiger partial charge is 0.362 e. The molecule has 1 amide bonds. The van der Waals surface area contributed by atoms with Crippen LogP contribution in [0.4, 0.5) is 5.69 Å². The molecule has 0 unspecified atom stereocenters. The number of hydrogen-bond donors (Lipinski definition) is 1. The molecular formula is C22H27N3O3S. The van der Waals surface area contributed by atoms with Crippen molar-refractivity contribution in [3.05, 3.63) is 59.2 Å². The van der Waals surface area contributed by atoms with Crippen LogP contribution in [-0.4, -0.2) is 38.7 Å². The number of anilines is 1. The van der Waals surface area contributed by atoms with Crippen LogP contribution in [0.25, 0.3) is 0 Å². The van der Waals surface area contributed by atoms with Crippen molar-refractivity contribution in [3.63, 3.8) is 0 Å². The van der Waals surface area contributed by atoms with E-state index in [4.69, 9.17) is 0 Å². The first kappa shape index (κ1) is 21.0. The second-order valence-corrected chi connectivity index (χ2v) is 9.12. The van der Waals surface area contributed by atoms with Crippen molar-refractivity contribution in [2.24, 2.45) is 4.40 Å². The van der Waals surface area contributed by atoms with E-state index in [2.05, 4.69) is 15.8 Å². The van der Waals surface area contributed by atoms with Crippen molar-refractivity contribution < 1.29 is 13.2 Å². The summed E-state index contributed by atoms with van der Waals surface area (Å²) in [5, 5.41) is 2.80. The maximum absolute atomic E-state index is 12.6. The lowest BCUT2D eigenvalue weighted by Crippen LogP contribution is -2.20. The molecule has 1 saturated heterocycles. The standard InChI is InChI=1S/C22H27N3O3S/c1-16-9-10-18(17(2)14-16)11-12-22(26)23-19-6-4-7-20(15-19)29(27,28)24-21-8-5-13-25(21)3/h4,6-7,9-10,14-15H,5,8,11-13H2,1-3H3,(H,23,26)/b24-21+. The van der Waals surface area contributed by atoms with Crippen LogP contribution in [0.2, 0.25) is 0 Å². The zero-order valence-corrected chi connectivity index (χ0v) is 17.9. The molecule has 6 nitrogen and oxygen atoms in total. The molecule has 1 heterocycles. The number of carbonyl (C=O) groups excluding carboxylic acids is 1. The number of rotatable bonds is 6. The fraction of sp³-hybridized carbons (Fsp3) is 0.364. The summed E-state index contributed by atoms with van der Waals surface area (Å²) in [6, 6.07) is 12.4. The maximum Gasteiger partial charge on any atom is 0.284 e. The van der Waals surface area contributed by atoms with Gasteiger partial charge in [-0.1, -0.05) is 29.8 Å². The second-order valence-electron chi connectivity index (χ2n) is 7.51. The Balaban J connectivity index is 1.67. The lowest BCUT2D eigenvalue weighted by atomic mass is 10.0. The van der Waals surface area contributed by atoms with Crippen molar-refractivity contribution in [1.82, 2.24) is 4.90 Å². The number of carbonyl (C=O) groups is 1. The topological polar surface area (TPSA) is 78.8 Å². The molecule has 0 saturated carbocycles. The van der Waals surface area contributed by atoms with E-state index >= 15 is 0 Å². The van der Waals surface area contributed by atoms with Crippen LogP contribution in [0.1, 0.15) is 36.0 Å². The Morgan fingerprint density at radius 3 is 2.66 bits per heavy atom. The van der Waals surface area contributed by atoms with Gasteiger partial charge in [0.1, 0.15) is 5.84 Å². The van der Waals surface area contributed by atoms with Gasteiger partial charge < -0.3 is 10.2 Å². The molecule has 29 heavy (non-hydrogen) atoms. The highest BCUT2D eigenvalue weighted by Gasteiger charge is 2.20. The van der Waals surface area contributed by atoms with Gasteiger partial charge in [-0.25, -0.2) is 0 Å². The van der Waals surface area contributed by atoms with Crippen LogP contribution in [0.15, 0.2) is 51.8 Å². The van der Waals surface area contributed by atoms with E-state index in [1.54, 1.807) is 12.1 Å². The lowest BCUT2D eigenvalue weighted by Gasteiger charge is -2.11. The molecule has 2 aromatic rings. The van der Waals surface area contributed by atoms with Crippen LogP contribution in [-0.2, 0) is 21.2 Å². The van der Waals surface area contributed by atoms with Gasteiger partial charge in [0.05, 0.1) is 4.90 Å². The van der Waals surface area contributed by atoms with Gasteiger partial charge in [-0.2, -0.15) is 8.42 Å². The van der Waals surface area contributed by atoms with Crippen molar-refractivity contribution in [2.75, 3.05) is 18.9 Å². The molecule has 7 heteroatoms. The molecule has 0 bridgehead atoms. The van der Waals surface area contributed by atoms with Crippen LogP contribution in [0.3, 0.4) is 0 Å². The lowest BCUT2D eigenvalue weighted by molar-refractivity contribution is -0.116. The molecule has 1 aliphatic heterocycles. The van der Waals surface area contributed by atoms with Crippen molar-refractivity contribution in [3.8, 4) is 0 Å². The summed E-state index contributed by atoms with van der Waals surface area (Å²) in [5.74, 6) is 0.425. The van der Waals surface area contributed by atoms with E-state index in [1.807, 2.05) is 37.9 Å². The summed E-state index contributed by atoms with van der Waals surface area (Å²) >= 11 is 0. The third kappa shape index (κ3) is 5.44. The van der Waals surface area contributed by atoms with Gasteiger partial charge in [0.2, 0.25) is 5.91 Å². The Morgan fingerprint density at radius 1 is 1.17 bits per heavy atom. The molecule has 154 valence electrons. The molecule has 1 fully saturated rings. The summed E-state index contributed by atoms with van der Waals surface area (Å²) in [6.45, 7) is 4.89.